The number of hydrogen-bond acceptors (Lipinski definition) is 5. The summed E-state index contributed by atoms with van der Waals surface area (Å²) in [6.07, 6.45) is 3.91. The Kier molecular flexibility index (Phi) is 6.45. The molecule has 0 aromatic heterocycles. The standard InChI is InChI=1S/C18H22N2O5S/c1-12(2)18(22)25-14-8-10-15(11-9-14)26(23,24)17(20-19)16(21)13-6-4-3-5-7-13/h8-13H,3-7H2,1-2H3. The molecule has 2 rings (SSSR count). The molecule has 26 heavy (non-hydrogen) atoms. The van der Waals surface area contributed by atoms with E-state index in [0.717, 1.165) is 19.3 Å². The van der Waals surface area contributed by atoms with E-state index in [1.807, 2.05) is 0 Å². The quantitative estimate of drug-likeness (QED) is 0.195. The van der Waals surface area contributed by atoms with Gasteiger partial charge in [0.25, 0.3) is 15.6 Å². The Morgan fingerprint density at radius 1 is 1.12 bits per heavy atom. The first-order valence-corrected chi connectivity index (χ1v) is 10.1. The molecular weight excluding hydrogens is 356 g/mol. The molecule has 8 heteroatoms. The summed E-state index contributed by atoms with van der Waals surface area (Å²) in [5.41, 5.74) is 9.18. The zero-order valence-electron chi connectivity index (χ0n) is 14.8. The number of carbonyl (C=O) groups excluding carboxylic acids is 2. The molecule has 1 aliphatic carbocycles. The number of benzene rings is 1. The number of sulfone groups is 1. The number of esters is 1. The lowest BCUT2D eigenvalue weighted by Gasteiger charge is -2.18. The van der Waals surface area contributed by atoms with Crippen molar-refractivity contribution in [2.45, 2.75) is 50.8 Å². The molecule has 0 unspecified atom stereocenters. The molecule has 140 valence electrons. The van der Waals surface area contributed by atoms with Gasteiger partial charge in [-0.25, -0.2) is 8.42 Å². The van der Waals surface area contributed by atoms with Gasteiger partial charge in [-0.1, -0.05) is 33.1 Å². The summed E-state index contributed by atoms with van der Waals surface area (Å²) >= 11 is 0. The minimum absolute atomic E-state index is 0.196. The van der Waals surface area contributed by atoms with E-state index in [2.05, 4.69) is 4.79 Å². The molecule has 1 saturated carbocycles. The number of hydrogen-bond donors (Lipinski definition) is 0. The molecular formula is C18H22N2O5S. The molecule has 1 aromatic carbocycles. The van der Waals surface area contributed by atoms with E-state index in [1.54, 1.807) is 13.8 Å². The summed E-state index contributed by atoms with van der Waals surface area (Å²) in [5.74, 6) is -1.65. The van der Waals surface area contributed by atoms with Crippen LogP contribution in [0.15, 0.2) is 29.2 Å². The normalized spacial score (nSPS) is 15.3. The van der Waals surface area contributed by atoms with Crippen LogP contribution in [0, 0.1) is 11.8 Å². The van der Waals surface area contributed by atoms with Crippen LogP contribution >= 0.6 is 0 Å². The first-order chi connectivity index (χ1) is 12.3. The fraction of sp³-hybridized carbons (Fsp3) is 0.500. The Balaban J connectivity index is 2.23. The van der Waals surface area contributed by atoms with E-state index >= 15 is 0 Å². The van der Waals surface area contributed by atoms with Crippen molar-refractivity contribution in [3.63, 3.8) is 0 Å². The maximum atomic E-state index is 12.7. The van der Waals surface area contributed by atoms with Crippen molar-refractivity contribution in [1.29, 1.82) is 0 Å². The molecule has 7 nitrogen and oxygen atoms in total. The molecule has 0 bridgehead atoms. The minimum atomic E-state index is -4.25. The van der Waals surface area contributed by atoms with Gasteiger partial charge < -0.3 is 10.3 Å². The van der Waals surface area contributed by atoms with Crippen LogP contribution in [-0.2, 0) is 19.4 Å². The van der Waals surface area contributed by atoms with Crippen LogP contribution in [0.5, 0.6) is 5.75 Å². The Hall–Kier alpha value is -2.31. The largest absolute Gasteiger partial charge is 0.452 e. The van der Waals surface area contributed by atoms with Crippen LogP contribution in [0.3, 0.4) is 0 Å². The fourth-order valence-corrected chi connectivity index (χ4v) is 4.06. The number of ether oxygens (including phenoxy) is 1. The van der Waals surface area contributed by atoms with Crippen molar-refractivity contribution in [3.05, 3.63) is 29.8 Å². The summed E-state index contributed by atoms with van der Waals surface area (Å²) in [7, 11) is -4.25. The third-order valence-corrected chi connectivity index (χ3v) is 6.04. The maximum absolute atomic E-state index is 12.7. The van der Waals surface area contributed by atoms with Crippen molar-refractivity contribution in [1.82, 2.24) is 0 Å². The van der Waals surface area contributed by atoms with Crippen molar-refractivity contribution < 1.29 is 27.5 Å². The van der Waals surface area contributed by atoms with Gasteiger partial charge in [-0.15, -0.1) is 4.79 Å². The second-order valence-electron chi connectivity index (χ2n) is 6.65. The topological polar surface area (TPSA) is 114 Å². The molecule has 0 atom stereocenters. The summed E-state index contributed by atoms with van der Waals surface area (Å²) in [6.45, 7) is 3.37. The molecule has 0 amide bonds. The van der Waals surface area contributed by atoms with Gasteiger partial charge in [0, 0.05) is 5.92 Å². The van der Waals surface area contributed by atoms with Crippen molar-refractivity contribution in [3.8, 4) is 5.75 Å². The van der Waals surface area contributed by atoms with Crippen LogP contribution in [0.25, 0.3) is 5.53 Å². The number of carbonyl (C=O) groups is 2. The summed E-state index contributed by atoms with van der Waals surface area (Å²) in [6, 6.07) is 5.09. The Morgan fingerprint density at radius 2 is 1.69 bits per heavy atom. The zero-order chi connectivity index (χ0) is 19.3. The molecule has 0 N–H and O–H groups in total. The average molecular weight is 378 g/mol. The van der Waals surface area contributed by atoms with Crippen LogP contribution in [-0.4, -0.2) is 30.0 Å². The van der Waals surface area contributed by atoms with E-state index in [4.69, 9.17) is 4.74 Å². The number of ketones is 1. The van der Waals surface area contributed by atoms with Gasteiger partial charge in [0.1, 0.15) is 5.75 Å². The monoisotopic (exact) mass is 378 g/mol. The average Bonchev–Trinajstić information content (AvgIpc) is 2.63. The van der Waals surface area contributed by atoms with Gasteiger partial charge in [-0.05, 0) is 37.1 Å². The third kappa shape index (κ3) is 4.45. The Morgan fingerprint density at radius 3 is 2.19 bits per heavy atom. The molecule has 0 heterocycles. The smallest absolute Gasteiger partial charge is 0.426 e. The molecule has 0 aliphatic heterocycles. The highest BCUT2D eigenvalue weighted by atomic mass is 32.2. The van der Waals surface area contributed by atoms with E-state index in [1.165, 1.54) is 24.3 Å². The van der Waals surface area contributed by atoms with Crippen LogP contribution in [0.4, 0.5) is 0 Å². The maximum Gasteiger partial charge on any atom is 0.452 e. The lowest BCUT2D eigenvalue weighted by atomic mass is 9.86. The van der Waals surface area contributed by atoms with Crippen LogP contribution in [0.1, 0.15) is 46.0 Å². The second-order valence-corrected chi connectivity index (χ2v) is 8.52. The van der Waals surface area contributed by atoms with Crippen molar-refractivity contribution in [2.75, 3.05) is 0 Å². The lowest BCUT2D eigenvalue weighted by Crippen LogP contribution is -2.32. The van der Waals surface area contributed by atoms with Gasteiger partial charge in [0.2, 0.25) is 0 Å². The lowest BCUT2D eigenvalue weighted by molar-refractivity contribution is -0.137. The molecule has 1 aromatic rings. The Labute approximate surface area is 152 Å². The van der Waals surface area contributed by atoms with E-state index in [0.29, 0.717) is 12.8 Å². The SMILES string of the molecule is CC(C)C(=O)Oc1ccc(S(=O)(=O)C(=[N+]=[N-])C(=O)C2CCCCC2)cc1. The summed E-state index contributed by atoms with van der Waals surface area (Å²) < 4.78 is 30.4. The highest BCUT2D eigenvalue weighted by Gasteiger charge is 2.41. The number of nitrogens with zero attached hydrogens (tertiary/aromatic N) is 2. The second kappa shape index (κ2) is 8.38. The molecule has 0 spiro atoms. The highest BCUT2D eigenvalue weighted by molar-refractivity contribution is 8.08. The zero-order valence-corrected chi connectivity index (χ0v) is 15.7. The predicted octanol–water partition coefficient (Wildman–Crippen LogP) is 2.80. The van der Waals surface area contributed by atoms with Gasteiger partial charge in [0.15, 0.2) is 0 Å². The summed E-state index contributed by atoms with van der Waals surface area (Å²) in [5, 5.41) is -0.837. The fourth-order valence-electron chi connectivity index (χ4n) is 2.81. The van der Waals surface area contributed by atoms with Gasteiger partial charge in [0.05, 0.1) is 10.8 Å². The van der Waals surface area contributed by atoms with Gasteiger partial charge >= 0.3 is 11.0 Å². The number of rotatable bonds is 5. The van der Waals surface area contributed by atoms with Crippen molar-refractivity contribution >= 4 is 26.6 Å². The first kappa shape index (κ1) is 20.0. The van der Waals surface area contributed by atoms with Gasteiger partial charge in [-0.2, -0.15) is 0 Å². The molecule has 1 aliphatic rings. The van der Waals surface area contributed by atoms with Crippen molar-refractivity contribution in [2.24, 2.45) is 11.8 Å². The third-order valence-electron chi connectivity index (χ3n) is 4.36. The van der Waals surface area contributed by atoms with Gasteiger partial charge in [-0.3, -0.25) is 9.59 Å². The molecule has 0 saturated heterocycles. The van der Waals surface area contributed by atoms with Crippen LogP contribution < -0.4 is 4.74 Å². The molecule has 0 radical (unpaired) electrons. The predicted molar refractivity (Wildman–Crippen MR) is 94.3 cm³/mol. The number of Topliss-reactive ketones (excluding diaryl/α,β-unsaturated/α-hetero) is 1. The van der Waals surface area contributed by atoms with E-state index in [9.17, 15) is 23.5 Å². The van der Waals surface area contributed by atoms with E-state index < -0.39 is 32.6 Å². The Bertz CT molecular complexity index is 831. The highest BCUT2D eigenvalue weighted by Crippen LogP contribution is 2.26. The summed E-state index contributed by atoms with van der Waals surface area (Å²) in [4.78, 5) is 26.7. The molecule has 1 fully saturated rings. The first-order valence-electron chi connectivity index (χ1n) is 8.60. The van der Waals surface area contributed by atoms with Crippen LogP contribution in [0.2, 0.25) is 0 Å². The minimum Gasteiger partial charge on any atom is -0.426 e. The van der Waals surface area contributed by atoms with E-state index in [-0.39, 0.29) is 16.6 Å².